The quantitative estimate of drug-likeness (QED) is 0.230. The third-order valence-corrected chi connectivity index (χ3v) is 13.1. The number of fused-ring (bicyclic) bond motifs is 2. The van der Waals surface area contributed by atoms with E-state index in [9.17, 15) is 18.3 Å². The molecule has 1 aromatic carbocycles. The molecule has 1 spiro atoms. The first-order valence-electron chi connectivity index (χ1n) is 18.4. The van der Waals surface area contributed by atoms with E-state index in [1.54, 1.807) is 19.9 Å². The van der Waals surface area contributed by atoms with Gasteiger partial charge in [0.15, 0.2) is 5.65 Å². The van der Waals surface area contributed by atoms with Crippen LogP contribution in [0.3, 0.4) is 0 Å². The number of rotatable bonds is 10. The number of carboxylic acid groups (broad SMARTS) is 1. The number of aromatic nitrogens is 4. The summed E-state index contributed by atoms with van der Waals surface area (Å²) < 4.78 is 51.3. The Morgan fingerprint density at radius 2 is 1.77 bits per heavy atom. The lowest BCUT2D eigenvalue weighted by molar-refractivity contribution is -0.147. The predicted octanol–water partition coefficient (Wildman–Crippen LogP) is 5.14. The van der Waals surface area contributed by atoms with Crippen molar-refractivity contribution >= 4 is 27.0 Å². The van der Waals surface area contributed by atoms with E-state index in [1.165, 1.54) is 17.1 Å². The molecule has 3 aromatic heterocycles. The van der Waals surface area contributed by atoms with Gasteiger partial charge in [0.05, 0.1) is 30.9 Å². The van der Waals surface area contributed by atoms with Crippen LogP contribution in [0.4, 0.5) is 0 Å². The van der Waals surface area contributed by atoms with E-state index < -0.39 is 32.9 Å². The van der Waals surface area contributed by atoms with Gasteiger partial charge in [-0.15, -0.1) is 5.10 Å². The largest absolute Gasteiger partial charge is 0.481 e. The first kappa shape index (κ1) is 37.2. The van der Waals surface area contributed by atoms with Crippen LogP contribution in [0.1, 0.15) is 79.1 Å². The number of carbonyl (C=O) groups is 1. The van der Waals surface area contributed by atoms with Crippen LogP contribution in [-0.2, 0) is 33.1 Å². The third kappa shape index (κ3) is 7.13. The van der Waals surface area contributed by atoms with E-state index in [-0.39, 0.29) is 23.9 Å². The molecule has 0 aliphatic carbocycles. The molecule has 0 bridgehead atoms. The van der Waals surface area contributed by atoms with E-state index in [0.29, 0.717) is 49.8 Å². The van der Waals surface area contributed by atoms with Crippen molar-refractivity contribution < 1.29 is 32.5 Å². The van der Waals surface area contributed by atoms with Gasteiger partial charge in [-0.25, -0.2) is 8.42 Å². The number of benzene rings is 1. The van der Waals surface area contributed by atoms with Crippen molar-refractivity contribution in [3.8, 4) is 11.8 Å². The molecule has 3 aliphatic rings. The Hall–Kier alpha value is -4.11. The fraction of sp³-hybridized carbons (Fsp3) is 0.538. The highest BCUT2D eigenvalue weighted by Gasteiger charge is 2.46. The average molecular weight is 747 g/mol. The smallest absolute Gasteiger partial charge is 0.310 e. The second kappa shape index (κ2) is 14.3. The SMILES string of the molecule is Cc1cc2cc([C@@H](c3ccc(C)c(CN4CC5(CCOCC5)Oc5nc(OCCN6CCCC6)c(C)cc5S4(=O)=O)c3)C(C)(C)C(=O)O)n(C)c2nn1. The summed E-state index contributed by atoms with van der Waals surface area (Å²) in [6, 6.07) is 11.4. The van der Waals surface area contributed by atoms with Gasteiger partial charge in [0, 0.05) is 55.5 Å². The minimum absolute atomic E-state index is 0.0101. The molecular weight excluding hydrogens is 697 g/mol. The van der Waals surface area contributed by atoms with Gasteiger partial charge in [0.2, 0.25) is 21.8 Å². The van der Waals surface area contributed by atoms with Crippen LogP contribution in [0.25, 0.3) is 11.0 Å². The molecule has 284 valence electrons. The molecule has 1 atom stereocenters. The predicted molar refractivity (Wildman–Crippen MR) is 199 cm³/mol. The zero-order valence-electron chi connectivity index (χ0n) is 31.5. The maximum Gasteiger partial charge on any atom is 0.310 e. The van der Waals surface area contributed by atoms with Crippen LogP contribution in [0.15, 0.2) is 41.3 Å². The average Bonchev–Trinajstić information content (AvgIpc) is 3.72. The lowest BCUT2D eigenvalue weighted by Crippen LogP contribution is -2.50. The minimum Gasteiger partial charge on any atom is -0.481 e. The zero-order chi connectivity index (χ0) is 37.7. The summed E-state index contributed by atoms with van der Waals surface area (Å²) in [4.78, 5) is 19.9. The van der Waals surface area contributed by atoms with Crippen LogP contribution >= 0.6 is 0 Å². The summed E-state index contributed by atoms with van der Waals surface area (Å²) in [6.07, 6.45) is 3.37. The van der Waals surface area contributed by atoms with Crippen LogP contribution < -0.4 is 9.47 Å². The molecule has 53 heavy (non-hydrogen) atoms. The second-order valence-corrected chi connectivity index (χ2v) is 17.4. The van der Waals surface area contributed by atoms with Crippen LogP contribution in [0.2, 0.25) is 0 Å². The van der Waals surface area contributed by atoms with Gasteiger partial charge >= 0.3 is 5.97 Å². The molecule has 7 rings (SSSR count). The summed E-state index contributed by atoms with van der Waals surface area (Å²) in [5.41, 5.74) is 3.13. The van der Waals surface area contributed by atoms with Crippen molar-refractivity contribution in [2.24, 2.45) is 12.5 Å². The molecule has 3 aliphatic heterocycles. The Morgan fingerprint density at radius 3 is 2.49 bits per heavy atom. The number of pyridine rings is 1. The Kier molecular flexibility index (Phi) is 10.0. The van der Waals surface area contributed by atoms with Crippen molar-refractivity contribution in [1.29, 1.82) is 0 Å². The van der Waals surface area contributed by atoms with E-state index in [0.717, 1.165) is 53.1 Å². The van der Waals surface area contributed by atoms with Crippen LogP contribution in [0.5, 0.6) is 11.8 Å². The summed E-state index contributed by atoms with van der Waals surface area (Å²) in [7, 11) is -2.24. The van der Waals surface area contributed by atoms with Crippen LogP contribution in [0, 0.1) is 26.2 Å². The Balaban J connectivity index is 1.27. The number of sulfonamides is 1. The molecule has 13 nitrogen and oxygen atoms in total. The minimum atomic E-state index is -4.11. The molecule has 14 heteroatoms. The number of aryl methyl sites for hydroxylation is 4. The van der Waals surface area contributed by atoms with Crippen molar-refractivity contribution in [2.75, 3.05) is 46.0 Å². The topological polar surface area (TPSA) is 149 Å². The second-order valence-electron chi connectivity index (χ2n) is 15.5. The molecule has 1 N–H and O–H groups in total. The summed E-state index contributed by atoms with van der Waals surface area (Å²) in [5, 5.41) is 20.0. The Bertz CT molecular complexity index is 2140. The number of ether oxygens (including phenoxy) is 3. The molecule has 6 heterocycles. The molecule has 0 amide bonds. The third-order valence-electron chi connectivity index (χ3n) is 11.3. The molecule has 0 saturated carbocycles. The van der Waals surface area contributed by atoms with E-state index >= 15 is 0 Å². The summed E-state index contributed by atoms with van der Waals surface area (Å²) in [6.45, 7) is 13.4. The Labute approximate surface area is 311 Å². The number of aliphatic carboxylic acids is 1. The normalized spacial score (nSPS) is 19.5. The number of likely N-dealkylation sites (tertiary alicyclic amines) is 1. The summed E-state index contributed by atoms with van der Waals surface area (Å²) >= 11 is 0. The Morgan fingerprint density at radius 1 is 1.04 bits per heavy atom. The lowest BCUT2D eigenvalue weighted by Gasteiger charge is -2.38. The highest BCUT2D eigenvalue weighted by molar-refractivity contribution is 7.89. The highest BCUT2D eigenvalue weighted by atomic mass is 32.2. The van der Waals surface area contributed by atoms with Gasteiger partial charge in [-0.2, -0.15) is 14.4 Å². The maximum absolute atomic E-state index is 14.7. The number of nitrogens with zero attached hydrogens (tertiary/aromatic N) is 6. The standard InChI is InChI=1S/C39H50N6O7S/c1-25-9-10-28(33(38(4,5)37(46)47)31-22-29-20-27(3)41-42-34(29)43(31)6)21-30(25)23-45-24-39(11-16-50-17-12-39)52-36-32(53(45,48)49)19-26(2)35(40-36)51-18-15-44-13-7-8-14-44/h9-10,19-22,33H,7-8,11-18,23-24H2,1-6H3,(H,46,47)/t33-/m1/s1. The first-order valence-corrected chi connectivity index (χ1v) is 19.9. The molecular formula is C39H50N6O7S. The van der Waals surface area contributed by atoms with E-state index in [1.807, 2.05) is 62.7 Å². The zero-order valence-corrected chi connectivity index (χ0v) is 32.3. The monoisotopic (exact) mass is 746 g/mol. The molecule has 2 fully saturated rings. The summed E-state index contributed by atoms with van der Waals surface area (Å²) in [5.74, 6) is -1.12. The van der Waals surface area contributed by atoms with Gasteiger partial charge in [-0.1, -0.05) is 18.2 Å². The number of carboxylic acids is 1. The van der Waals surface area contributed by atoms with Crippen molar-refractivity contribution in [3.05, 3.63) is 70.0 Å². The van der Waals surface area contributed by atoms with Gasteiger partial charge in [0.1, 0.15) is 17.1 Å². The lowest BCUT2D eigenvalue weighted by atomic mass is 9.72. The fourth-order valence-corrected chi connectivity index (χ4v) is 9.63. The number of hydrogen-bond acceptors (Lipinski definition) is 10. The van der Waals surface area contributed by atoms with Gasteiger partial charge in [-0.3, -0.25) is 9.69 Å². The first-order chi connectivity index (χ1) is 25.2. The molecule has 0 radical (unpaired) electrons. The number of hydrogen-bond donors (Lipinski definition) is 1. The highest BCUT2D eigenvalue weighted by Crippen LogP contribution is 2.44. The van der Waals surface area contributed by atoms with Crippen LogP contribution in [-0.4, -0.2) is 100 Å². The maximum atomic E-state index is 14.7. The van der Waals surface area contributed by atoms with Gasteiger partial charge in [0.25, 0.3) is 0 Å². The van der Waals surface area contributed by atoms with Gasteiger partial charge < -0.3 is 23.9 Å². The molecule has 0 unspecified atom stereocenters. The van der Waals surface area contributed by atoms with E-state index in [2.05, 4.69) is 15.1 Å². The van der Waals surface area contributed by atoms with E-state index in [4.69, 9.17) is 19.2 Å². The molecule has 4 aromatic rings. The van der Waals surface area contributed by atoms with Crippen molar-refractivity contribution in [2.45, 2.75) is 83.3 Å². The van der Waals surface area contributed by atoms with Gasteiger partial charge in [-0.05, 0) is 95.4 Å². The fourth-order valence-electron chi connectivity index (χ4n) is 8.00. The molecule has 2 saturated heterocycles. The van der Waals surface area contributed by atoms with Crippen molar-refractivity contribution in [1.82, 2.24) is 29.0 Å². The van der Waals surface area contributed by atoms with Crippen molar-refractivity contribution in [3.63, 3.8) is 0 Å².